The number of rotatable bonds is 4. The van der Waals surface area contributed by atoms with Crippen LogP contribution in [0, 0.1) is 0 Å². The highest BCUT2D eigenvalue weighted by Gasteiger charge is 2.22. The molecule has 0 radical (unpaired) electrons. The fraction of sp³-hybridized carbons (Fsp3) is 0.400. The van der Waals surface area contributed by atoms with Crippen molar-refractivity contribution < 1.29 is 18.3 Å². The molecular formula is C10H11ClF2N2O2. The maximum atomic E-state index is 12.9. The van der Waals surface area contributed by atoms with Crippen molar-refractivity contribution in [1.29, 1.82) is 0 Å². The van der Waals surface area contributed by atoms with E-state index in [9.17, 15) is 13.6 Å². The van der Waals surface area contributed by atoms with Crippen LogP contribution in [0.4, 0.5) is 8.78 Å². The molecule has 0 spiro atoms. The molecule has 1 heterocycles. The number of carbonyl (C=O) groups excluding carboxylic acids is 1. The van der Waals surface area contributed by atoms with E-state index in [4.69, 9.17) is 17.3 Å². The van der Waals surface area contributed by atoms with Gasteiger partial charge in [0, 0.05) is 18.3 Å². The predicted molar refractivity (Wildman–Crippen MR) is 57.8 cm³/mol. The van der Waals surface area contributed by atoms with Crippen LogP contribution in [-0.4, -0.2) is 18.1 Å². The molecule has 2 N–H and O–H groups in total. The first kappa shape index (κ1) is 13.8. The lowest BCUT2D eigenvalue weighted by atomic mass is 10.0. The highest BCUT2D eigenvalue weighted by Crippen LogP contribution is 2.30. The lowest BCUT2D eigenvalue weighted by Gasteiger charge is -2.13. The zero-order chi connectivity index (χ0) is 13.0. The van der Waals surface area contributed by atoms with Crippen molar-refractivity contribution in [3.63, 3.8) is 0 Å². The van der Waals surface area contributed by atoms with Crippen LogP contribution in [0.1, 0.15) is 23.2 Å². The zero-order valence-electron chi connectivity index (χ0n) is 9.04. The summed E-state index contributed by atoms with van der Waals surface area (Å²) in [5, 5.41) is 0.00269. The van der Waals surface area contributed by atoms with Gasteiger partial charge in [-0.1, -0.05) is 11.6 Å². The van der Waals surface area contributed by atoms with E-state index in [1.165, 1.54) is 13.3 Å². The maximum Gasteiger partial charge on any atom is 0.310 e. The molecule has 1 aromatic rings. The van der Waals surface area contributed by atoms with E-state index < -0.39 is 12.4 Å². The standard InChI is InChI=1S/C10H11ClF2N2O2/c1-17-8(16)2-5-6(11)4-15-7(3-14)9(5)10(12)13/h4,10H,2-3,14H2,1H3. The Labute approximate surface area is 102 Å². The zero-order valence-corrected chi connectivity index (χ0v) is 9.80. The topological polar surface area (TPSA) is 65.2 Å². The molecule has 7 heteroatoms. The molecule has 4 nitrogen and oxygen atoms in total. The monoisotopic (exact) mass is 264 g/mol. The molecule has 0 saturated carbocycles. The van der Waals surface area contributed by atoms with Gasteiger partial charge in [0.15, 0.2) is 0 Å². The number of methoxy groups -OCH3 is 1. The lowest BCUT2D eigenvalue weighted by molar-refractivity contribution is -0.139. The Bertz CT molecular complexity index is 427. The molecule has 0 fully saturated rings. The first-order valence-electron chi connectivity index (χ1n) is 4.72. The van der Waals surface area contributed by atoms with E-state index in [1.54, 1.807) is 0 Å². The van der Waals surface area contributed by atoms with Gasteiger partial charge in [0.05, 0.1) is 24.2 Å². The van der Waals surface area contributed by atoms with Gasteiger partial charge in [-0.15, -0.1) is 0 Å². The molecule has 0 amide bonds. The summed E-state index contributed by atoms with van der Waals surface area (Å²) in [5.74, 6) is -0.650. The third-order valence-electron chi connectivity index (χ3n) is 2.22. The Balaban J connectivity index is 3.28. The number of halogens is 3. The summed E-state index contributed by atoms with van der Waals surface area (Å²) >= 11 is 5.76. The summed E-state index contributed by atoms with van der Waals surface area (Å²) in [7, 11) is 1.17. The fourth-order valence-corrected chi connectivity index (χ4v) is 1.62. The average molecular weight is 265 g/mol. The van der Waals surface area contributed by atoms with Gasteiger partial charge < -0.3 is 10.5 Å². The molecule has 0 aliphatic carbocycles. The maximum absolute atomic E-state index is 12.9. The minimum absolute atomic E-state index is 0.00269. The highest BCUT2D eigenvalue weighted by molar-refractivity contribution is 6.31. The smallest absolute Gasteiger partial charge is 0.310 e. The number of nitrogens with zero attached hydrogens (tertiary/aromatic N) is 1. The second-order valence-electron chi connectivity index (χ2n) is 3.20. The number of ether oxygens (including phenoxy) is 1. The lowest BCUT2D eigenvalue weighted by Crippen LogP contribution is -2.13. The molecule has 94 valence electrons. The molecule has 0 aromatic carbocycles. The largest absolute Gasteiger partial charge is 0.469 e. The predicted octanol–water partition coefficient (Wildman–Crippen LogP) is 1.85. The number of alkyl halides is 2. The van der Waals surface area contributed by atoms with Crippen molar-refractivity contribution in [1.82, 2.24) is 4.98 Å². The summed E-state index contributed by atoms with van der Waals surface area (Å²) in [6.07, 6.45) is -1.92. The normalized spacial score (nSPS) is 10.7. The quantitative estimate of drug-likeness (QED) is 0.843. The molecule has 0 saturated heterocycles. The van der Waals surface area contributed by atoms with Crippen LogP contribution >= 0.6 is 11.6 Å². The number of esters is 1. The minimum atomic E-state index is -2.79. The Morgan fingerprint density at radius 1 is 1.65 bits per heavy atom. The summed E-state index contributed by atoms with van der Waals surface area (Å²) in [4.78, 5) is 14.9. The average Bonchev–Trinajstić information content (AvgIpc) is 2.30. The third kappa shape index (κ3) is 3.10. The highest BCUT2D eigenvalue weighted by atomic mass is 35.5. The van der Waals surface area contributed by atoms with Gasteiger partial charge in [0.1, 0.15) is 0 Å². The molecular weight excluding hydrogens is 254 g/mol. The van der Waals surface area contributed by atoms with Crippen molar-refractivity contribution in [2.75, 3.05) is 7.11 Å². The van der Waals surface area contributed by atoms with Gasteiger partial charge in [0.25, 0.3) is 6.43 Å². The Morgan fingerprint density at radius 3 is 2.76 bits per heavy atom. The number of aromatic nitrogens is 1. The van der Waals surface area contributed by atoms with Crippen molar-refractivity contribution in [2.45, 2.75) is 19.4 Å². The van der Waals surface area contributed by atoms with E-state index >= 15 is 0 Å². The van der Waals surface area contributed by atoms with E-state index in [-0.39, 0.29) is 34.8 Å². The summed E-state index contributed by atoms with van der Waals surface area (Å²) in [6, 6.07) is 0. The Morgan fingerprint density at radius 2 is 2.29 bits per heavy atom. The van der Waals surface area contributed by atoms with Gasteiger partial charge in [-0.05, 0) is 5.56 Å². The van der Waals surface area contributed by atoms with Crippen LogP contribution in [0.2, 0.25) is 5.02 Å². The van der Waals surface area contributed by atoms with Crippen LogP contribution in [0.25, 0.3) is 0 Å². The van der Waals surface area contributed by atoms with Crippen molar-refractivity contribution in [3.8, 4) is 0 Å². The van der Waals surface area contributed by atoms with Crippen molar-refractivity contribution >= 4 is 17.6 Å². The summed E-state index contributed by atoms with van der Waals surface area (Å²) < 4.78 is 30.2. The molecule has 1 aromatic heterocycles. The number of nitrogens with two attached hydrogens (primary N) is 1. The van der Waals surface area contributed by atoms with E-state index in [0.29, 0.717) is 0 Å². The minimum Gasteiger partial charge on any atom is -0.469 e. The second kappa shape index (κ2) is 5.88. The number of carbonyl (C=O) groups is 1. The Hall–Kier alpha value is -1.27. The van der Waals surface area contributed by atoms with E-state index in [0.717, 1.165) is 0 Å². The van der Waals surface area contributed by atoms with Crippen LogP contribution in [-0.2, 0) is 22.5 Å². The first-order chi connectivity index (χ1) is 8.01. The second-order valence-corrected chi connectivity index (χ2v) is 3.61. The molecule has 0 bridgehead atoms. The first-order valence-corrected chi connectivity index (χ1v) is 5.10. The molecule has 0 atom stereocenters. The third-order valence-corrected chi connectivity index (χ3v) is 2.54. The van der Waals surface area contributed by atoms with Crippen LogP contribution in [0.15, 0.2) is 6.20 Å². The molecule has 0 aliphatic rings. The van der Waals surface area contributed by atoms with Crippen LogP contribution in [0.3, 0.4) is 0 Å². The number of hydrogen-bond acceptors (Lipinski definition) is 4. The van der Waals surface area contributed by atoms with Crippen LogP contribution in [0.5, 0.6) is 0 Å². The van der Waals surface area contributed by atoms with Gasteiger partial charge in [-0.3, -0.25) is 9.78 Å². The molecule has 0 aliphatic heterocycles. The van der Waals surface area contributed by atoms with Gasteiger partial charge in [-0.2, -0.15) is 0 Å². The van der Waals surface area contributed by atoms with Crippen LogP contribution < -0.4 is 5.73 Å². The molecule has 17 heavy (non-hydrogen) atoms. The van der Waals surface area contributed by atoms with E-state index in [2.05, 4.69) is 9.72 Å². The number of pyridine rings is 1. The van der Waals surface area contributed by atoms with E-state index in [1.807, 2.05) is 0 Å². The number of hydrogen-bond donors (Lipinski definition) is 1. The fourth-order valence-electron chi connectivity index (χ4n) is 1.40. The molecule has 0 unspecified atom stereocenters. The summed E-state index contributed by atoms with van der Waals surface area (Å²) in [5.41, 5.74) is 4.98. The summed E-state index contributed by atoms with van der Waals surface area (Å²) in [6.45, 7) is -0.148. The Kier molecular flexibility index (Phi) is 4.77. The van der Waals surface area contributed by atoms with Crippen molar-refractivity contribution in [3.05, 3.63) is 28.0 Å². The van der Waals surface area contributed by atoms with Gasteiger partial charge in [-0.25, -0.2) is 8.78 Å². The SMILES string of the molecule is COC(=O)Cc1c(Cl)cnc(CN)c1C(F)F. The molecule has 1 rings (SSSR count). The van der Waals surface area contributed by atoms with Gasteiger partial charge in [0.2, 0.25) is 0 Å². The van der Waals surface area contributed by atoms with Gasteiger partial charge >= 0.3 is 5.97 Å². The van der Waals surface area contributed by atoms with Crippen molar-refractivity contribution in [2.24, 2.45) is 5.73 Å².